The van der Waals surface area contributed by atoms with Crippen molar-refractivity contribution in [3.63, 3.8) is 0 Å². The molecule has 0 aliphatic carbocycles. The molecule has 0 amide bonds. The minimum atomic E-state index is 1.34. The molecule has 0 unspecified atom stereocenters. The van der Waals surface area contributed by atoms with Gasteiger partial charge in [0.2, 0.25) is 0 Å². The summed E-state index contributed by atoms with van der Waals surface area (Å²) >= 11 is 0. The summed E-state index contributed by atoms with van der Waals surface area (Å²) in [4.78, 5) is 10.7. The lowest BCUT2D eigenvalue weighted by Gasteiger charge is -1.90. The Hall–Kier alpha value is -1.77. The molecule has 0 bridgehead atoms. The van der Waals surface area contributed by atoms with Crippen LogP contribution in [0.4, 0.5) is 0 Å². The minimum absolute atomic E-state index is 1.34. The second-order valence-electron chi connectivity index (χ2n) is 2.95. The van der Waals surface area contributed by atoms with E-state index in [9.17, 15) is 0 Å². The molecule has 14 heavy (non-hydrogen) atoms. The maximum absolute atomic E-state index is 3.56. The Morgan fingerprint density at radius 2 is 1.21 bits per heavy atom. The van der Waals surface area contributed by atoms with Gasteiger partial charge in [0.15, 0.2) is 0 Å². The average molecular weight is 187 g/mol. The number of aryl methyl sites for hydroxylation is 2. The van der Waals surface area contributed by atoms with Gasteiger partial charge in [-0.3, -0.25) is 0 Å². The first kappa shape index (κ1) is 10.3. The third kappa shape index (κ3) is 4.30. The Bertz CT molecular complexity index is 316. The minimum Gasteiger partial charge on any atom is -0.225 e. The lowest BCUT2D eigenvalue weighted by Crippen LogP contribution is -1.73. The smallest absolute Gasteiger partial charge is 0.119 e. The van der Waals surface area contributed by atoms with Crippen molar-refractivity contribution >= 4 is 0 Å². The molecular formula is C11H13N3. The fourth-order valence-electron chi connectivity index (χ4n) is 1.01. The van der Waals surface area contributed by atoms with E-state index >= 15 is 0 Å². The fourth-order valence-corrected chi connectivity index (χ4v) is 1.01. The Kier molecular flexibility index (Phi) is 4.27. The van der Waals surface area contributed by atoms with E-state index in [0.717, 1.165) is 0 Å². The maximum atomic E-state index is 3.56. The molecule has 1 aromatic heterocycles. The van der Waals surface area contributed by atoms with Crippen LogP contribution >= 0.6 is 0 Å². The van der Waals surface area contributed by atoms with Crippen LogP contribution < -0.4 is 0 Å². The summed E-state index contributed by atoms with van der Waals surface area (Å²) in [6.07, 6.45) is 4.31. The highest BCUT2D eigenvalue weighted by Gasteiger charge is 1.80. The van der Waals surface area contributed by atoms with Gasteiger partial charge >= 0.3 is 0 Å². The Balaban J connectivity index is 0.000000146. The zero-order chi connectivity index (χ0) is 10.2. The molecule has 0 atom stereocenters. The molecule has 0 aliphatic rings. The summed E-state index contributed by atoms with van der Waals surface area (Å²) in [5.41, 5.74) is 2.68. The van der Waals surface area contributed by atoms with Crippen molar-refractivity contribution in [1.29, 1.82) is 0 Å². The van der Waals surface area contributed by atoms with E-state index in [1.54, 1.807) is 0 Å². The standard InChI is InChI=1S/C8H10.C3H3N3/c1-7-4-3-5-8(2)6-7;1-4-2-6-3-5-1/h3-6H,1-2H3;1-3H. The van der Waals surface area contributed by atoms with E-state index in [1.807, 2.05) is 0 Å². The zero-order valence-electron chi connectivity index (χ0n) is 8.38. The van der Waals surface area contributed by atoms with E-state index in [1.165, 1.54) is 30.1 Å². The zero-order valence-corrected chi connectivity index (χ0v) is 8.38. The maximum Gasteiger partial charge on any atom is 0.119 e. The summed E-state index contributed by atoms with van der Waals surface area (Å²) in [5.74, 6) is 0. The molecular weight excluding hydrogens is 174 g/mol. The highest BCUT2D eigenvalue weighted by Crippen LogP contribution is 2.00. The summed E-state index contributed by atoms with van der Waals surface area (Å²) < 4.78 is 0. The topological polar surface area (TPSA) is 38.7 Å². The molecule has 1 aromatic carbocycles. The van der Waals surface area contributed by atoms with Gasteiger partial charge in [-0.05, 0) is 13.8 Å². The normalized spacial score (nSPS) is 8.71. The molecule has 2 rings (SSSR count). The lowest BCUT2D eigenvalue weighted by molar-refractivity contribution is 1.05. The van der Waals surface area contributed by atoms with E-state index in [-0.39, 0.29) is 0 Å². The Morgan fingerprint density at radius 1 is 0.786 bits per heavy atom. The third-order valence-electron chi connectivity index (χ3n) is 1.57. The number of benzene rings is 1. The van der Waals surface area contributed by atoms with Crippen LogP contribution in [0.5, 0.6) is 0 Å². The SMILES string of the molecule is Cc1cccc(C)c1.c1ncncn1. The molecule has 0 saturated heterocycles. The molecule has 2 aromatic rings. The van der Waals surface area contributed by atoms with E-state index in [4.69, 9.17) is 0 Å². The molecule has 0 spiro atoms. The first-order chi connectivity index (χ1) is 6.79. The molecule has 0 fully saturated rings. The van der Waals surface area contributed by atoms with Gasteiger partial charge in [-0.25, -0.2) is 15.0 Å². The van der Waals surface area contributed by atoms with Gasteiger partial charge in [0.05, 0.1) is 0 Å². The third-order valence-corrected chi connectivity index (χ3v) is 1.57. The van der Waals surface area contributed by atoms with Crippen molar-refractivity contribution in [2.45, 2.75) is 13.8 Å². The van der Waals surface area contributed by atoms with Crippen molar-refractivity contribution in [3.8, 4) is 0 Å². The highest BCUT2D eigenvalue weighted by molar-refractivity contribution is 5.20. The van der Waals surface area contributed by atoms with Gasteiger partial charge in [-0.15, -0.1) is 0 Å². The molecule has 1 heterocycles. The van der Waals surface area contributed by atoms with Gasteiger partial charge in [-0.2, -0.15) is 0 Å². The van der Waals surface area contributed by atoms with Crippen LogP contribution in [-0.4, -0.2) is 15.0 Å². The Morgan fingerprint density at radius 3 is 1.43 bits per heavy atom. The highest BCUT2D eigenvalue weighted by atomic mass is 14.9. The second-order valence-corrected chi connectivity index (χ2v) is 2.95. The van der Waals surface area contributed by atoms with Crippen molar-refractivity contribution in [2.24, 2.45) is 0 Å². The van der Waals surface area contributed by atoms with Gasteiger partial charge in [0.1, 0.15) is 19.0 Å². The molecule has 0 aliphatic heterocycles. The number of nitrogens with zero attached hydrogens (tertiary/aromatic N) is 3. The molecule has 3 heteroatoms. The lowest BCUT2D eigenvalue weighted by atomic mass is 10.2. The summed E-state index contributed by atoms with van der Waals surface area (Å²) in [6, 6.07) is 8.45. The van der Waals surface area contributed by atoms with Gasteiger partial charge < -0.3 is 0 Å². The van der Waals surface area contributed by atoms with Crippen molar-refractivity contribution in [1.82, 2.24) is 15.0 Å². The summed E-state index contributed by atoms with van der Waals surface area (Å²) in [5, 5.41) is 0. The van der Waals surface area contributed by atoms with Gasteiger partial charge in [0, 0.05) is 0 Å². The number of aromatic nitrogens is 3. The van der Waals surface area contributed by atoms with Crippen LogP contribution in [0.3, 0.4) is 0 Å². The van der Waals surface area contributed by atoms with Gasteiger partial charge in [0.25, 0.3) is 0 Å². The molecule has 0 radical (unpaired) electrons. The first-order valence-corrected chi connectivity index (χ1v) is 4.37. The Labute approximate surface area is 83.9 Å². The molecule has 0 N–H and O–H groups in total. The van der Waals surface area contributed by atoms with E-state index < -0.39 is 0 Å². The van der Waals surface area contributed by atoms with Crippen LogP contribution in [0.2, 0.25) is 0 Å². The number of hydrogen-bond donors (Lipinski definition) is 0. The van der Waals surface area contributed by atoms with Crippen molar-refractivity contribution in [3.05, 3.63) is 54.4 Å². The molecule has 0 saturated carbocycles. The molecule has 3 nitrogen and oxygen atoms in total. The van der Waals surface area contributed by atoms with Crippen molar-refractivity contribution < 1.29 is 0 Å². The van der Waals surface area contributed by atoms with Crippen LogP contribution in [0.15, 0.2) is 43.2 Å². The average Bonchev–Trinajstić information content (AvgIpc) is 2.21. The number of rotatable bonds is 0. The van der Waals surface area contributed by atoms with Crippen molar-refractivity contribution in [2.75, 3.05) is 0 Å². The first-order valence-electron chi connectivity index (χ1n) is 4.37. The largest absolute Gasteiger partial charge is 0.225 e. The van der Waals surface area contributed by atoms with Crippen LogP contribution in [0.1, 0.15) is 11.1 Å². The van der Waals surface area contributed by atoms with Crippen LogP contribution in [0.25, 0.3) is 0 Å². The van der Waals surface area contributed by atoms with E-state index in [2.05, 4.69) is 53.1 Å². The predicted molar refractivity (Wildman–Crippen MR) is 55.7 cm³/mol. The van der Waals surface area contributed by atoms with E-state index in [0.29, 0.717) is 0 Å². The second kappa shape index (κ2) is 5.80. The van der Waals surface area contributed by atoms with Crippen LogP contribution in [-0.2, 0) is 0 Å². The summed E-state index contributed by atoms with van der Waals surface area (Å²) in [7, 11) is 0. The monoisotopic (exact) mass is 187 g/mol. The fraction of sp³-hybridized carbons (Fsp3) is 0.182. The quantitative estimate of drug-likeness (QED) is 0.634. The summed E-state index contributed by atoms with van der Waals surface area (Å²) in [6.45, 7) is 4.21. The van der Waals surface area contributed by atoms with Crippen LogP contribution in [0, 0.1) is 13.8 Å². The van der Waals surface area contributed by atoms with Gasteiger partial charge in [-0.1, -0.05) is 35.4 Å². The molecule has 72 valence electrons. The predicted octanol–water partition coefficient (Wildman–Crippen LogP) is 2.18. The number of hydrogen-bond acceptors (Lipinski definition) is 3.